The minimum absolute atomic E-state index is 0. The van der Waals surface area contributed by atoms with E-state index < -0.39 is 0 Å². The second-order valence-electron chi connectivity index (χ2n) is 7.52. The summed E-state index contributed by atoms with van der Waals surface area (Å²) in [5, 5.41) is 4.43. The van der Waals surface area contributed by atoms with Gasteiger partial charge in [0.15, 0.2) is 0 Å². The van der Waals surface area contributed by atoms with Crippen molar-refractivity contribution in [1.82, 2.24) is 10.2 Å². The lowest BCUT2D eigenvalue weighted by Crippen LogP contribution is -2.49. The van der Waals surface area contributed by atoms with E-state index in [0.717, 1.165) is 37.6 Å². The Hall–Kier alpha value is -0.680. The lowest BCUT2D eigenvalue weighted by molar-refractivity contribution is -0.132. The molecule has 1 aromatic rings. The SMILES string of the molecule is Cl.Cl.O=C(CC1CC2CCC(C1)N2)N1CCN(c2ccc(Cl)cc2)CC1. The van der Waals surface area contributed by atoms with Crippen LogP contribution in [0, 0.1) is 5.92 Å². The Bertz CT molecular complexity index is 578. The Morgan fingerprint density at radius 3 is 2.15 bits per heavy atom. The van der Waals surface area contributed by atoms with Crippen molar-refractivity contribution in [2.45, 2.75) is 44.2 Å². The highest BCUT2D eigenvalue weighted by Gasteiger charge is 2.35. The van der Waals surface area contributed by atoms with E-state index in [0.29, 0.717) is 23.9 Å². The molecule has 0 aromatic heterocycles. The van der Waals surface area contributed by atoms with Crippen LogP contribution in [0.2, 0.25) is 5.02 Å². The highest BCUT2D eigenvalue weighted by Crippen LogP contribution is 2.33. The number of carbonyl (C=O) groups is 1. The van der Waals surface area contributed by atoms with Crippen molar-refractivity contribution in [2.75, 3.05) is 31.1 Å². The number of fused-ring (bicyclic) bond motifs is 2. The number of anilines is 1. The molecular formula is C19H28Cl3N3O. The van der Waals surface area contributed by atoms with Gasteiger partial charge in [0.05, 0.1) is 0 Å². The fraction of sp³-hybridized carbons (Fsp3) is 0.632. The number of piperidine rings is 1. The number of amides is 1. The molecule has 1 amide bonds. The summed E-state index contributed by atoms with van der Waals surface area (Å²) in [6.45, 7) is 3.48. The molecule has 146 valence electrons. The standard InChI is InChI=1S/C19H26ClN3O.2ClH/c20-15-1-5-18(6-2-15)22-7-9-23(10-8-22)19(24)13-14-11-16-3-4-17(12-14)21-16;;/h1-2,5-6,14,16-17,21H,3-4,7-13H2;2*1H. The van der Waals surface area contributed by atoms with Crippen LogP contribution in [0.3, 0.4) is 0 Å². The summed E-state index contributed by atoms with van der Waals surface area (Å²) < 4.78 is 0. The molecule has 0 radical (unpaired) electrons. The number of rotatable bonds is 3. The number of piperazine rings is 1. The summed E-state index contributed by atoms with van der Waals surface area (Å²) in [6.07, 6.45) is 5.72. The largest absolute Gasteiger partial charge is 0.368 e. The molecule has 2 bridgehead atoms. The van der Waals surface area contributed by atoms with Crippen LogP contribution in [0.4, 0.5) is 5.69 Å². The molecule has 0 aliphatic carbocycles. The molecule has 3 saturated heterocycles. The molecule has 0 saturated carbocycles. The van der Waals surface area contributed by atoms with Crippen LogP contribution in [0.1, 0.15) is 32.1 Å². The Balaban J connectivity index is 0.00000121. The summed E-state index contributed by atoms with van der Waals surface area (Å²) in [4.78, 5) is 17.1. The van der Waals surface area contributed by atoms with Crippen molar-refractivity contribution in [3.8, 4) is 0 Å². The van der Waals surface area contributed by atoms with Gasteiger partial charge >= 0.3 is 0 Å². The molecule has 26 heavy (non-hydrogen) atoms. The van der Waals surface area contributed by atoms with Crippen LogP contribution >= 0.6 is 36.4 Å². The number of nitrogens with zero attached hydrogens (tertiary/aromatic N) is 2. The average molecular weight is 421 g/mol. The first-order chi connectivity index (χ1) is 11.7. The summed E-state index contributed by atoms with van der Waals surface area (Å²) in [5.41, 5.74) is 1.20. The zero-order valence-electron chi connectivity index (χ0n) is 14.9. The zero-order valence-corrected chi connectivity index (χ0v) is 17.3. The molecule has 3 aliphatic heterocycles. The molecule has 2 atom stereocenters. The number of benzene rings is 1. The third-order valence-electron chi connectivity index (χ3n) is 5.86. The van der Waals surface area contributed by atoms with Crippen molar-refractivity contribution in [3.63, 3.8) is 0 Å². The molecule has 7 heteroatoms. The second kappa shape index (κ2) is 9.50. The van der Waals surface area contributed by atoms with Gasteiger partial charge in [0.2, 0.25) is 5.91 Å². The Labute approximate surface area is 173 Å². The maximum absolute atomic E-state index is 12.7. The first kappa shape index (κ1) is 21.6. The minimum atomic E-state index is 0. The van der Waals surface area contributed by atoms with Crippen LogP contribution in [0.5, 0.6) is 0 Å². The van der Waals surface area contributed by atoms with E-state index >= 15 is 0 Å². The van der Waals surface area contributed by atoms with Gasteiger partial charge in [-0.1, -0.05) is 11.6 Å². The van der Waals surface area contributed by atoms with Crippen LogP contribution in [-0.4, -0.2) is 49.1 Å². The van der Waals surface area contributed by atoms with E-state index in [1.165, 1.54) is 31.4 Å². The van der Waals surface area contributed by atoms with E-state index in [-0.39, 0.29) is 24.8 Å². The van der Waals surface area contributed by atoms with Crippen LogP contribution < -0.4 is 10.2 Å². The third-order valence-corrected chi connectivity index (χ3v) is 6.11. The number of carbonyl (C=O) groups excluding carboxylic acids is 1. The molecule has 2 unspecified atom stereocenters. The first-order valence-electron chi connectivity index (χ1n) is 9.22. The van der Waals surface area contributed by atoms with E-state index in [2.05, 4.69) is 27.2 Å². The topological polar surface area (TPSA) is 35.6 Å². The van der Waals surface area contributed by atoms with Crippen LogP contribution in [0.25, 0.3) is 0 Å². The maximum Gasteiger partial charge on any atom is 0.222 e. The normalized spacial score (nSPS) is 27.5. The van der Waals surface area contributed by atoms with Crippen LogP contribution in [0.15, 0.2) is 24.3 Å². The van der Waals surface area contributed by atoms with Crippen molar-refractivity contribution in [2.24, 2.45) is 5.92 Å². The van der Waals surface area contributed by atoms with Gasteiger partial charge in [-0.3, -0.25) is 4.79 Å². The van der Waals surface area contributed by atoms with Crippen molar-refractivity contribution >= 4 is 48.0 Å². The van der Waals surface area contributed by atoms with Gasteiger partial charge in [0.1, 0.15) is 0 Å². The summed E-state index contributed by atoms with van der Waals surface area (Å²) in [5.74, 6) is 0.947. The smallest absolute Gasteiger partial charge is 0.222 e. The van der Waals surface area contributed by atoms with Gasteiger partial charge in [-0.05, 0) is 55.9 Å². The molecule has 3 fully saturated rings. The van der Waals surface area contributed by atoms with Gasteiger partial charge in [0, 0.05) is 55.4 Å². The van der Waals surface area contributed by atoms with E-state index in [9.17, 15) is 4.79 Å². The highest BCUT2D eigenvalue weighted by molar-refractivity contribution is 6.30. The number of nitrogens with one attached hydrogen (secondary N) is 1. The monoisotopic (exact) mass is 419 g/mol. The molecule has 4 nitrogen and oxygen atoms in total. The molecule has 3 heterocycles. The van der Waals surface area contributed by atoms with Crippen molar-refractivity contribution in [1.29, 1.82) is 0 Å². The van der Waals surface area contributed by atoms with Gasteiger partial charge in [-0.15, -0.1) is 24.8 Å². The highest BCUT2D eigenvalue weighted by atomic mass is 35.5. The summed E-state index contributed by atoms with van der Waals surface area (Å²) in [7, 11) is 0. The van der Waals surface area contributed by atoms with E-state index in [1.54, 1.807) is 0 Å². The third kappa shape index (κ3) is 4.98. The molecule has 0 spiro atoms. The minimum Gasteiger partial charge on any atom is -0.368 e. The molecule has 3 aliphatic rings. The van der Waals surface area contributed by atoms with Crippen LogP contribution in [-0.2, 0) is 4.79 Å². The van der Waals surface area contributed by atoms with Gasteiger partial charge in [0.25, 0.3) is 0 Å². The number of hydrogen-bond acceptors (Lipinski definition) is 3. The quantitative estimate of drug-likeness (QED) is 0.809. The Kier molecular flexibility index (Phi) is 7.90. The van der Waals surface area contributed by atoms with E-state index in [4.69, 9.17) is 11.6 Å². The fourth-order valence-corrected chi connectivity index (χ4v) is 4.71. The van der Waals surface area contributed by atoms with E-state index in [1.807, 2.05) is 12.1 Å². The summed E-state index contributed by atoms with van der Waals surface area (Å²) >= 11 is 5.96. The predicted octanol–water partition coefficient (Wildman–Crippen LogP) is 3.75. The molecular weight excluding hydrogens is 393 g/mol. The zero-order chi connectivity index (χ0) is 16.5. The summed E-state index contributed by atoms with van der Waals surface area (Å²) in [6, 6.07) is 9.32. The molecule has 4 rings (SSSR count). The lowest BCUT2D eigenvalue weighted by Gasteiger charge is -2.37. The maximum atomic E-state index is 12.7. The Morgan fingerprint density at radius 2 is 1.58 bits per heavy atom. The van der Waals surface area contributed by atoms with Gasteiger partial charge in [-0.25, -0.2) is 0 Å². The first-order valence-corrected chi connectivity index (χ1v) is 9.59. The van der Waals surface area contributed by atoms with Crippen molar-refractivity contribution in [3.05, 3.63) is 29.3 Å². The number of hydrogen-bond donors (Lipinski definition) is 1. The van der Waals surface area contributed by atoms with Gasteiger partial charge in [-0.2, -0.15) is 0 Å². The lowest BCUT2D eigenvalue weighted by atomic mass is 9.89. The van der Waals surface area contributed by atoms with Gasteiger partial charge < -0.3 is 15.1 Å². The molecule has 1 aromatic carbocycles. The Morgan fingerprint density at radius 1 is 1.00 bits per heavy atom. The predicted molar refractivity (Wildman–Crippen MR) is 112 cm³/mol. The second-order valence-corrected chi connectivity index (χ2v) is 7.96. The average Bonchev–Trinajstić information content (AvgIpc) is 2.94. The van der Waals surface area contributed by atoms with Crippen molar-refractivity contribution < 1.29 is 4.79 Å². The fourth-order valence-electron chi connectivity index (χ4n) is 4.58. The molecule has 1 N–H and O–H groups in total. The number of halogens is 3.